The maximum atomic E-state index is 13.6. The summed E-state index contributed by atoms with van der Waals surface area (Å²) in [5.74, 6) is -0.236. The van der Waals surface area contributed by atoms with Crippen LogP contribution in [0.25, 0.3) is 0 Å². The lowest BCUT2D eigenvalue weighted by atomic mass is 9.97. The molecular weight excluding hydrogens is 241 g/mol. The molecule has 0 aliphatic rings. The predicted octanol–water partition coefficient (Wildman–Crippen LogP) is 2.81. The topological polar surface area (TPSA) is 50.9 Å². The second kappa shape index (κ2) is 5.80. The van der Waals surface area contributed by atoms with Gasteiger partial charge in [0.2, 0.25) is 0 Å². The fourth-order valence-corrected chi connectivity index (χ4v) is 2.20. The van der Waals surface area contributed by atoms with Crippen LogP contribution in [0.3, 0.4) is 0 Å². The van der Waals surface area contributed by atoms with Crippen LogP contribution in [0.15, 0.2) is 36.7 Å². The van der Waals surface area contributed by atoms with Gasteiger partial charge in [-0.1, -0.05) is 13.0 Å². The summed E-state index contributed by atoms with van der Waals surface area (Å²) < 4.78 is 13.6. The molecule has 1 aromatic carbocycles. The minimum atomic E-state index is -0.236. The Morgan fingerprint density at radius 3 is 2.79 bits per heavy atom. The highest BCUT2D eigenvalue weighted by Crippen LogP contribution is 2.27. The number of halogens is 1. The third-order valence-electron chi connectivity index (χ3n) is 3.00. The van der Waals surface area contributed by atoms with Crippen molar-refractivity contribution in [1.82, 2.24) is 10.3 Å². The number of pyridine rings is 1. The van der Waals surface area contributed by atoms with E-state index in [2.05, 4.69) is 10.3 Å². The van der Waals surface area contributed by atoms with Crippen LogP contribution < -0.4 is 11.1 Å². The smallest absolute Gasteiger partial charge is 0.123 e. The van der Waals surface area contributed by atoms with Crippen LogP contribution in [0.2, 0.25) is 0 Å². The lowest BCUT2D eigenvalue weighted by Gasteiger charge is -2.20. The van der Waals surface area contributed by atoms with Crippen molar-refractivity contribution < 1.29 is 4.39 Å². The number of benzene rings is 1. The van der Waals surface area contributed by atoms with Gasteiger partial charge in [-0.05, 0) is 42.8 Å². The molecule has 0 aliphatic carbocycles. The van der Waals surface area contributed by atoms with E-state index in [9.17, 15) is 4.39 Å². The molecular formula is C15H18FN3. The fraction of sp³-hybridized carbons (Fsp3) is 0.267. The molecule has 0 aliphatic heterocycles. The van der Waals surface area contributed by atoms with Crippen molar-refractivity contribution in [3.63, 3.8) is 0 Å². The molecule has 2 aromatic rings. The molecule has 4 heteroatoms. The normalized spacial score (nSPS) is 12.4. The van der Waals surface area contributed by atoms with Crippen LogP contribution in [-0.4, -0.2) is 11.5 Å². The highest BCUT2D eigenvalue weighted by Gasteiger charge is 2.16. The van der Waals surface area contributed by atoms with E-state index < -0.39 is 0 Å². The summed E-state index contributed by atoms with van der Waals surface area (Å²) in [5, 5.41) is 3.32. The van der Waals surface area contributed by atoms with Gasteiger partial charge < -0.3 is 11.1 Å². The van der Waals surface area contributed by atoms with E-state index in [0.717, 1.165) is 23.2 Å². The summed E-state index contributed by atoms with van der Waals surface area (Å²) in [6.45, 7) is 4.64. The summed E-state index contributed by atoms with van der Waals surface area (Å²) in [6, 6.07) is 6.62. The van der Waals surface area contributed by atoms with Gasteiger partial charge in [0.15, 0.2) is 0 Å². The van der Waals surface area contributed by atoms with Crippen LogP contribution in [0, 0.1) is 12.7 Å². The highest BCUT2D eigenvalue weighted by atomic mass is 19.1. The van der Waals surface area contributed by atoms with Gasteiger partial charge in [0.05, 0.1) is 6.04 Å². The Morgan fingerprint density at radius 1 is 1.37 bits per heavy atom. The van der Waals surface area contributed by atoms with Crippen LogP contribution >= 0.6 is 0 Å². The Morgan fingerprint density at radius 2 is 2.16 bits per heavy atom. The molecule has 0 saturated carbocycles. The third kappa shape index (κ3) is 3.09. The molecule has 1 aromatic heterocycles. The van der Waals surface area contributed by atoms with E-state index in [1.807, 2.05) is 19.9 Å². The average molecular weight is 259 g/mol. The second-order valence-corrected chi connectivity index (χ2v) is 4.56. The summed E-state index contributed by atoms with van der Waals surface area (Å²) in [7, 11) is 0. The number of nitrogen functional groups attached to an aromatic ring is 1. The van der Waals surface area contributed by atoms with Crippen molar-refractivity contribution in [2.24, 2.45) is 0 Å². The van der Waals surface area contributed by atoms with Gasteiger partial charge in [-0.2, -0.15) is 0 Å². The van der Waals surface area contributed by atoms with Gasteiger partial charge in [0, 0.05) is 23.6 Å². The first-order valence-corrected chi connectivity index (χ1v) is 6.31. The Hall–Kier alpha value is -1.94. The number of aryl methyl sites for hydroxylation is 1. The lowest BCUT2D eigenvalue weighted by Crippen LogP contribution is -2.23. The molecule has 0 spiro atoms. The summed E-state index contributed by atoms with van der Waals surface area (Å²) in [6.07, 6.45) is 3.38. The molecule has 3 nitrogen and oxygen atoms in total. The molecule has 0 radical (unpaired) electrons. The van der Waals surface area contributed by atoms with Crippen LogP contribution in [0.1, 0.15) is 29.7 Å². The fourth-order valence-electron chi connectivity index (χ4n) is 2.20. The second-order valence-electron chi connectivity index (χ2n) is 4.56. The minimum absolute atomic E-state index is 0.145. The molecule has 1 heterocycles. The summed E-state index contributed by atoms with van der Waals surface area (Å²) in [5.41, 5.74) is 9.27. The molecule has 0 amide bonds. The Kier molecular flexibility index (Phi) is 4.12. The van der Waals surface area contributed by atoms with Gasteiger partial charge in [0.25, 0.3) is 0 Å². The molecule has 0 fully saturated rings. The molecule has 1 unspecified atom stereocenters. The minimum Gasteiger partial charge on any atom is -0.398 e. The van der Waals surface area contributed by atoms with E-state index in [1.165, 1.54) is 12.1 Å². The van der Waals surface area contributed by atoms with Gasteiger partial charge in [-0.15, -0.1) is 0 Å². The van der Waals surface area contributed by atoms with Crippen LogP contribution in [0.5, 0.6) is 0 Å². The van der Waals surface area contributed by atoms with Gasteiger partial charge in [-0.3, -0.25) is 4.98 Å². The van der Waals surface area contributed by atoms with Crippen molar-refractivity contribution in [3.8, 4) is 0 Å². The van der Waals surface area contributed by atoms with Gasteiger partial charge in [-0.25, -0.2) is 4.39 Å². The van der Waals surface area contributed by atoms with Crippen molar-refractivity contribution in [1.29, 1.82) is 0 Å². The SMILES string of the molecule is CCNC(c1cc(C)cc(F)c1)c1cnccc1N. The summed E-state index contributed by atoms with van der Waals surface area (Å²) in [4.78, 5) is 4.11. The van der Waals surface area contributed by atoms with E-state index >= 15 is 0 Å². The predicted molar refractivity (Wildman–Crippen MR) is 75.3 cm³/mol. The van der Waals surface area contributed by atoms with Crippen molar-refractivity contribution >= 4 is 5.69 Å². The van der Waals surface area contributed by atoms with E-state index in [1.54, 1.807) is 18.5 Å². The zero-order valence-corrected chi connectivity index (χ0v) is 11.2. The molecule has 19 heavy (non-hydrogen) atoms. The number of hydrogen-bond acceptors (Lipinski definition) is 3. The van der Waals surface area contributed by atoms with Crippen molar-refractivity contribution in [2.45, 2.75) is 19.9 Å². The average Bonchev–Trinajstić information content (AvgIpc) is 2.36. The molecule has 100 valence electrons. The number of nitrogens with zero attached hydrogens (tertiary/aromatic N) is 1. The van der Waals surface area contributed by atoms with Gasteiger partial charge >= 0.3 is 0 Å². The standard InChI is InChI=1S/C15H18FN3/c1-3-19-15(13-9-18-5-4-14(13)17)11-6-10(2)7-12(16)8-11/h4-9,15,19H,3H2,1-2H3,(H2,17,18). The maximum absolute atomic E-state index is 13.6. The lowest BCUT2D eigenvalue weighted by molar-refractivity contribution is 0.601. The number of hydrogen-bond donors (Lipinski definition) is 2. The largest absolute Gasteiger partial charge is 0.398 e. The number of rotatable bonds is 4. The van der Waals surface area contributed by atoms with Gasteiger partial charge in [0.1, 0.15) is 5.82 Å². The number of nitrogens with one attached hydrogen (secondary N) is 1. The number of nitrogens with two attached hydrogens (primary N) is 1. The maximum Gasteiger partial charge on any atom is 0.123 e. The molecule has 0 saturated heterocycles. The van der Waals surface area contributed by atoms with E-state index in [-0.39, 0.29) is 11.9 Å². The monoisotopic (exact) mass is 259 g/mol. The first-order valence-electron chi connectivity index (χ1n) is 6.31. The number of aromatic nitrogens is 1. The molecule has 2 rings (SSSR count). The Bertz CT molecular complexity index is 549. The van der Waals surface area contributed by atoms with E-state index in [4.69, 9.17) is 5.73 Å². The first kappa shape index (κ1) is 13.5. The quantitative estimate of drug-likeness (QED) is 0.887. The highest BCUT2D eigenvalue weighted by molar-refractivity contribution is 5.50. The zero-order chi connectivity index (χ0) is 13.8. The third-order valence-corrected chi connectivity index (χ3v) is 3.00. The first-order chi connectivity index (χ1) is 9.11. The van der Waals surface area contributed by atoms with E-state index in [0.29, 0.717) is 5.69 Å². The molecule has 3 N–H and O–H groups in total. The molecule has 1 atom stereocenters. The Balaban J connectivity index is 2.48. The van der Waals surface area contributed by atoms with Crippen LogP contribution in [-0.2, 0) is 0 Å². The van der Waals surface area contributed by atoms with Crippen molar-refractivity contribution in [2.75, 3.05) is 12.3 Å². The zero-order valence-electron chi connectivity index (χ0n) is 11.2. The van der Waals surface area contributed by atoms with Crippen LogP contribution in [0.4, 0.5) is 10.1 Å². The summed E-state index contributed by atoms with van der Waals surface area (Å²) >= 11 is 0. The number of anilines is 1. The van der Waals surface area contributed by atoms with Crippen molar-refractivity contribution in [3.05, 3.63) is 59.2 Å². The molecule has 0 bridgehead atoms. The Labute approximate surface area is 112 Å².